The van der Waals surface area contributed by atoms with E-state index in [1.165, 1.54) is 12.5 Å². The maximum absolute atomic E-state index is 5.25. The number of nitrogens with two attached hydrogens (primary N) is 2. The third-order valence-electron chi connectivity index (χ3n) is 0.642. The van der Waals surface area contributed by atoms with Gasteiger partial charge in [-0.1, -0.05) is 0 Å². The quantitative estimate of drug-likeness (QED) is 0.436. The fraction of sp³-hybridized carbons (Fsp3) is 0.667. The lowest BCUT2D eigenvalue weighted by atomic mass is 10.7. The Balaban J connectivity index is 3.20. The first-order valence-electron chi connectivity index (χ1n) is 3.10. The van der Waals surface area contributed by atoms with E-state index in [0.29, 0.717) is 0 Å². The summed E-state index contributed by atoms with van der Waals surface area (Å²) in [5.41, 5.74) is 10.5. The lowest BCUT2D eigenvalue weighted by Crippen LogP contribution is -2.17. The molecule has 0 aliphatic heterocycles. The van der Waals surface area contributed by atoms with Gasteiger partial charge < -0.3 is 9.47 Å². The standard InChI is InChI=1S/C6H14N2O2/c1-5(7)9-3-4-10-6(2)8/h3-6H,7-8H2,1-2H3. The van der Waals surface area contributed by atoms with Crippen molar-refractivity contribution in [1.29, 1.82) is 0 Å². The summed E-state index contributed by atoms with van der Waals surface area (Å²) in [4.78, 5) is 0. The molecule has 4 heteroatoms. The summed E-state index contributed by atoms with van der Waals surface area (Å²) in [6.07, 6.45) is 2.11. The third-order valence-corrected chi connectivity index (χ3v) is 0.642. The molecule has 60 valence electrons. The van der Waals surface area contributed by atoms with Crippen molar-refractivity contribution >= 4 is 0 Å². The molecule has 0 saturated carbocycles. The zero-order valence-electron chi connectivity index (χ0n) is 6.28. The first kappa shape index (κ1) is 9.26. The molecule has 0 heterocycles. The molecular formula is C6H14N2O2. The third kappa shape index (κ3) is 7.26. The van der Waals surface area contributed by atoms with Crippen molar-refractivity contribution in [3.8, 4) is 0 Å². The molecule has 2 atom stereocenters. The topological polar surface area (TPSA) is 70.5 Å². The van der Waals surface area contributed by atoms with E-state index in [0.717, 1.165) is 0 Å². The van der Waals surface area contributed by atoms with Gasteiger partial charge >= 0.3 is 0 Å². The molecule has 0 fully saturated rings. The average molecular weight is 146 g/mol. The lowest BCUT2D eigenvalue weighted by Gasteiger charge is -2.05. The molecule has 0 rings (SSSR count). The van der Waals surface area contributed by atoms with Crippen molar-refractivity contribution in [1.82, 2.24) is 0 Å². The molecule has 0 amide bonds. The molecule has 4 N–H and O–H groups in total. The number of hydrogen-bond donors (Lipinski definition) is 2. The highest BCUT2D eigenvalue weighted by Gasteiger charge is 1.87. The highest BCUT2D eigenvalue weighted by atomic mass is 16.5. The van der Waals surface area contributed by atoms with Crippen LogP contribution in [-0.4, -0.2) is 12.5 Å². The van der Waals surface area contributed by atoms with Crippen LogP contribution in [-0.2, 0) is 9.47 Å². The molecule has 0 aromatic rings. The Labute approximate surface area is 60.8 Å². The number of rotatable bonds is 4. The molecule has 0 saturated heterocycles. The number of ether oxygens (including phenoxy) is 2. The molecule has 0 aromatic carbocycles. The first-order valence-corrected chi connectivity index (χ1v) is 3.10. The first-order chi connectivity index (χ1) is 4.63. The second kappa shape index (κ2) is 5.08. The minimum Gasteiger partial charge on any atom is -0.480 e. The van der Waals surface area contributed by atoms with Crippen LogP contribution in [0.3, 0.4) is 0 Å². The summed E-state index contributed by atoms with van der Waals surface area (Å²) < 4.78 is 9.62. The van der Waals surface area contributed by atoms with Gasteiger partial charge in [-0.25, -0.2) is 0 Å². The summed E-state index contributed by atoms with van der Waals surface area (Å²) >= 11 is 0. The molecule has 2 unspecified atom stereocenters. The Hall–Kier alpha value is -0.740. The summed E-state index contributed by atoms with van der Waals surface area (Å²) in [6, 6.07) is 0. The maximum atomic E-state index is 5.25. The average Bonchev–Trinajstić information content (AvgIpc) is 1.79. The van der Waals surface area contributed by atoms with E-state index in [9.17, 15) is 0 Å². The zero-order chi connectivity index (χ0) is 7.98. The largest absolute Gasteiger partial charge is 0.480 e. The fourth-order valence-corrected chi connectivity index (χ4v) is 0.312. The van der Waals surface area contributed by atoms with Crippen LogP contribution in [0.15, 0.2) is 12.5 Å². The van der Waals surface area contributed by atoms with Crippen LogP contribution in [0.25, 0.3) is 0 Å². The predicted molar refractivity (Wildman–Crippen MR) is 38.6 cm³/mol. The minimum atomic E-state index is -0.312. The van der Waals surface area contributed by atoms with Crippen molar-refractivity contribution in [3.63, 3.8) is 0 Å². The summed E-state index contributed by atoms with van der Waals surface area (Å²) in [5, 5.41) is 0. The van der Waals surface area contributed by atoms with Crippen molar-refractivity contribution in [2.45, 2.75) is 26.3 Å². The molecule has 0 radical (unpaired) electrons. The van der Waals surface area contributed by atoms with Gasteiger partial charge in [-0.05, 0) is 13.8 Å². The van der Waals surface area contributed by atoms with Crippen LogP contribution in [0.1, 0.15) is 13.8 Å². The van der Waals surface area contributed by atoms with Crippen molar-refractivity contribution in [2.75, 3.05) is 0 Å². The summed E-state index contributed by atoms with van der Waals surface area (Å²) in [7, 11) is 0. The van der Waals surface area contributed by atoms with Crippen molar-refractivity contribution in [3.05, 3.63) is 12.5 Å². The number of hydrogen-bond acceptors (Lipinski definition) is 4. The lowest BCUT2D eigenvalue weighted by molar-refractivity contribution is 0.129. The van der Waals surface area contributed by atoms with Gasteiger partial charge in [-0.3, -0.25) is 11.5 Å². The van der Waals surface area contributed by atoms with E-state index in [1.807, 2.05) is 0 Å². The van der Waals surface area contributed by atoms with Crippen LogP contribution in [0.5, 0.6) is 0 Å². The zero-order valence-corrected chi connectivity index (χ0v) is 6.28. The van der Waals surface area contributed by atoms with Gasteiger partial charge in [0.1, 0.15) is 25.0 Å². The Morgan fingerprint density at radius 3 is 1.50 bits per heavy atom. The summed E-state index contributed by atoms with van der Waals surface area (Å²) in [5.74, 6) is 0. The summed E-state index contributed by atoms with van der Waals surface area (Å²) in [6.45, 7) is 3.44. The smallest absolute Gasteiger partial charge is 0.144 e. The molecular weight excluding hydrogens is 132 g/mol. The van der Waals surface area contributed by atoms with Gasteiger partial charge in [0.2, 0.25) is 0 Å². The van der Waals surface area contributed by atoms with Gasteiger partial charge in [0.05, 0.1) is 0 Å². The molecule has 0 spiro atoms. The second-order valence-corrected chi connectivity index (χ2v) is 1.95. The highest BCUT2D eigenvalue weighted by molar-refractivity contribution is 4.62. The van der Waals surface area contributed by atoms with E-state index >= 15 is 0 Å². The molecule has 0 bridgehead atoms. The Bertz CT molecular complexity index is 89.9. The van der Waals surface area contributed by atoms with E-state index in [4.69, 9.17) is 20.9 Å². The van der Waals surface area contributed by atoms with Gasteiger partial charge in [0.15, 0.2) is 0 Å². The van der Waals surface area contributed by atoms with E-state index in [-0.39, 0.29) is 12.5 Å². The van der Waals surface area contributed by atoms with Crippen LogP contribution < -0.4 is 11.5 Å². The van der Waals surface area contributed by atoms with Gasteiger partial charge in [0.25, 0.3) is 0 Å². The van der Waals surface area contributed by atoms with Crippen LogP contribution >= 0.6 is 0 Å². The molecule has 0 aliphatic carbocycles. The maximum Gasteiger partial charge on any atom is 0.144 e. The van der Waals surface area contributed by atoms with Crippen molar-refractivity contribution < 1.29 is 9.47 Å². The van der Waals surface area contributed by atoms with Crippen LogP contribution in [0, 0.1) is 0 Å². The Morgan fingerprint density at radius 2 is 1.30 bits per heavy atom. The highest BCUT2D eigenvalue weighted by Crippen LogP contribution is 1.85. The fourth-order valence-electron chi connectivity index (χ4n) is 0.312. The van der Waals surface area contributed by atoms with E-state index in [1.54, 1.807) is 13.8 Å². The van der Waals surface area contributed by atoms with Crippen LogP contribution in [0.4, 0.5) is 0 Å². The molecule has 0 aromatic heterocycles. The van der Waals surface area contributed by atoms with Crippen LogP contribution in [0.2, 0.25) is 0 Å². The van der Waals surface area contributed by atoms with Gasteiger partial charge in [-0.2, -0.15) is 0 Å². The molecule has 10 heavy (non-hydrogen) atoms. The Morgan fingerprint density at radius 1 is 1.00 bits per heavy atom. The van der Waals surface area contributed by atoms with Gasteiger partial charge in [0, 0.05) is 0 Å². The SMILES string of the molecule is CC(N)OC=COC(C)N. The van der Waals surface area contributed by atoms with Gasteiger partial charge in [-0.15, -0.1) is 0 Å². The monoisotopic (exact) mass is 146 g/mol. The van der Waals surface area contributed by atoms with E-state index < -0.39 is 0 Å². The molecule has 0 aliphatic rings. The minimum absolute atomic E-state index is 0.312. The van der Waals surface area contributed by atoms with Crippen molar-refractivity contribution in [2.24, 2.45) is 11.5 Å². The normalized spacial score (nSPS) is 16.8. The predicted octanol–water partition coefficient (Wildman–Crippen LogP) is 0.100. The van der Waals surface area contributed by atoms with E-state index in [2.05, 4.69) is 0 Å². The molecule has 4 nitrogen and oxygen atoms in total. The Kier molecular flexibility index (Phi) is 4.70. The second-order valence-electron chi connectivity index (χ2n) is 1.95.